The number of hydrogen-bond donors (Lipinski definition) is 3. The first-order valence-corrected chi connectivity index (χ1v) is 14.1. The van der Waals surface area contributed by atoms with E-state index in [1.807, 2.05) is 60.1 Å². The lowest BCUT2D eigenvalue weighted by molar-refractivity contribution is -0.268. The second kappa shape index (κ2) is 14.3. The fourth-order valence-electron chi connectivity index (χ4n) is 4.27. The third-order valence-corrected chi connectivity index (χ3v) is 7.70. The number of aromatic nitrogens is 3. The minimum Gasteiger partial charge on any atom is -0.465 e. The molecule has 4 unspecified atom stereocenters. The van der Waals surface area contributed by atoms with Gasteiger partial charge in [-0.25, -0.2) is 4.79 Å². The van der Waals surface area contributed by atoms with Crippen molar-refractivity contribution < 1.29 is 28.9 Å². The first-order chi connectivity index (χ1) is 19.4. The van der Waals surface area contributed by atoms with Crippen molar-refractivity contribution >= 4 is 23.8 Å². The van der Waals surface area contributed by atoms with Crippen LogP contribution in [0.4, 0.5) is 4.79 Å². The SMILES string of the molecule is CCOC(=O)CNC(=O)NCc1ccc(C2OC(CSc3nncn3C)C(C)C(c3ccc(CO)cc3)O2)cc1. The van der Waals surface area contributed by atoms with Gasteiger partial charge in [0.25, 0.3) is 0 Å². The van der Waals surface area contributed by atoms with Gasteiger partial charge in [0.15, 0.2) is 11.4 Å². The molecule has 0 aliphatic carbocycles. The number of aryl methyl sites for hydroxylation is 1. The highest BCUT2D eigenvalue weighted by Gasteiger charge is 2.38. The number of hydrogen-bond acceptors (Lipinski definition) is 9. The maximum Gasteiger partial charge on any atom is 0.325 e. The third-order valence-electron chi connectivity index (χ3n) is 6.57. The zero-order valence-electron chi connectivity index (χ0n) is 22.8. The molecule has 3 aromatic rings. The summed E-state index contributed by atoms with van der Waals surface area (Å²) in [6, 6.07) is 15.0. The van der Waals surface area contributed by atoms with Crippen molar-refractivity contribution in [2.75, 3.05) is 18.9 Å². The van der Waals surface area contributed by atoms with E-state index in [1.54, 1.807) is 25.0 Å². The number of esters is 1. The molecule has 0 bridgehead atoms. The van der Waals surface area contributed by atoms with E-state index in [2.05, 4.69) is 27.8 Å². The first kappa shape index (κ1) is 29.5. The van der Waals surface area contributed by atoms with Gasteiger partial charge in [0.05, 0.1) is 25.4 Å². The van der Waals surface area contributed by atoms with Crippen molar-refractivity contribution in [2.24, 2.45) is 13.0 Å². The smallest absolute Gasteiger partial charge is 0.325 e. The van der Waals surface area contributed by atoms with Crippen LogP contribution in [0.3, 0.4) is 0 Å². The van der Waals surface area contributed by atoms with E-state index in [1.165, 1.54) is 0 Å². The first-order valence-electron chi connectivity index (χ1n) is 13.1. The number of thioether (sulfide) groups is 1. The van der Waals surface area contributed by atoms with Crippen LogP contribution in [0.15, 0.2) is 60.0 Å². The molecule has 1 aliphatic rings. The average molecular weight is 570 g/mol. The Bertz CT molecular complexity index is 1250. The molecule has 1 fully saturated rings. The maximum atomic E-state index is 12.0. The lowest BCUT2D eigenvalue weighted by atomic mass is 9.91. The molecule has 1 saturated heterocycles. The molecule has 214 valence electrons. The molecule has 2 aromatic carbocycles. The van der Waals surface area contributed by atoms with Crippen LogP contribution in [0.1, 0.15) is 48.5 Å². The highest BCUT2D eigenvalue weighted by atomic mass is 32.2. The number of rotatable bonds is 11. The van der Waals surface area contributed by atoms with Crippen LogP contribution in [0.2, 0.25) is 0 Å². The number of aliphatic hydroxyl groups excluding tert-OH is 1. The highest BCUT2D eigenvalue weighted by Crippen LogP contribution is 2.42. The number of carbonyl (C=O) groups is 2. The lowest BCUT2D eigenvalue weighted by Crippen LogP contribution is -2.39. The van der Waals surface area contributed by atoms with Crippen molar-refractivity contribution in [2.45, 2.75) is 50.7 Å². The van der Waals surface area contributed by atoms with Crippen molar-refractivity contribution in [3.63, 3.8) is 0 Å². The normalized spacial score (nSPS) is 20.6. The molecule has 0 saturated carbocycles. The zero-order valence-corrected chi connectivity index (χ0v) is 23.6. The summed E-state index contributed by atoms with van der Waals surface area (Å²) in [6.07, 6.45) is 0.720. The van der Waals surface area contributed by atoms with Crippen molar-refractivity contribution in [3.05, 3.63) is 77.1 Å². The summed E-state index contributed by atoms with van der Waals surface area (Å²) >= 11 is 1.59. The Morgan fingerprint density at radius 3 is 2.40 bits per heavy atom. The van der Waals surface area contributed by atoms with Crippen LogP contribution >= 0.6 is 11.8 Å². The fraction of sp³-hybridized carbons (Fsp3) is 0.429. The summed E-state index contributed by atoms with van der Waals surface area (Å²) in [7, 11) is 1.91. The van der Waals surface area contributed by atoms with Gasteiger partial charge in [-0.3, -0.25) is 4.79 Å². The third kappa shape index (κ3) is 7.81. The molecular weight excluding hydrogens is 534 g/mol. The maximum absolute atomic E-state index is 12.0. The van der Waals surface area contributed by atoms with Gasteiger partial charge in [-0.1, -0.05) is 67.2 Å². The van der Waals surface area contributed by atoms with E-state index >= 15 is 0 Å². The van der Waals surface area contributed by atoms with Crippen LogP contribution < -0.4 is 10.6 Å². The standard InChI is InChI=1S/C28H35N5O6S/c1-4-37-24(35)14-30-27(36)29-13-19-5-11-22(12-6-19)26-38-23(16-40-28-32-31-17-33(28)3)18(2)25(39-26)21-9-7-20(15-34)8-10-21/h5-12,17-18,23,25-26,34H,4,13-16H2,1-3H3,(H2,29,30,36). The van der Waals surface area contributed by atoms with E-state index in [-0.39, 0.29) is 44.4 Å². The number of nitrogens with one attached hydrogen (secondary N) is 2. The number of ether oxygens (including phenoxy) is 3. The predicted molar refractivity (Wildman–Crippen MR) is 148 cm³/mol. The number of aliphatic hydroxyl groups is 1. The Balaban J connectivity index is 1.43. The molecule has 4 rings (SSSR count). The van der Waals surface area contributed by atoms with E-state index in [9.17, 15) is 14.7 Å². The summed E-state index contributed by atoms with van der Waals surface area (Å²) in [5.41, 5.74) is 3.59. The molecule has 0 radical (unpaired) electrons. The van der Waals surface area contributed by atoms with Gasteiger partial charge >= 0.3 is 12.0 Å². The Morgan fingerprint density at radius 2 is 1.75 bits per heavy atom. The Labute approximate surface area is 237 Å². The molecule has 1 aliphatic heterocycles. The van der Waals surface area contributed by atoms with E-state index in [0.29, 0.717) is 5.75 Å². The molecule has 2 amide bonds. The number of amides is 2. The summed E-state index contributed by atoms with van der Waals surface area (Å²) in [4.78, 5) is 23.4. The van der Waals surface area contributed by atoms with Gasteiger partial charge in [-0.2, -0.15) is 0 Å². The topological polar surface area (TPSA) is 137 Å². The molecule has 0 spiro atoms. The summed E-state index contributed by atoms with van der Waals surface area (Å²) < 4.78 is 19.6. The monoisotopic (exact) mass is 569 g/mol. The van der Waals surface area contributed by atoms with Crippen LogP contribution in [-0.2, 0) is 39.2 Å². The van der Waals surface area contributed by atoms with E-state index in [0.717, 1.165) is 27.4 Å². The average Bonchev–Trinajstić information content (AvgIpc) is 3.39. The van der Waals surface area contributed by atoms with Gasteiger partial charge < -0.3 is 34.5 Å². The molecule has 1 aromatic heterocycles. The lowest BCUT2D eigenvalue weighted by Gasteiger charge is -2.41. The zero-order chi connectivity index (χ0) is 28.5. The van der Waals surface area contributed by atoms with E-state index < -0.39 is 18.3 Å². The molecule has 12 heteroatoms. The van der Waals surface area contributed by atoms with E-state index in [4.69, 9.17) is 14.2 Å². The van der Waals surface area contributed by atoms with Crippen LogP contribution in [0, 0.1) is 5.92 Å². The summed E-state index contributed by atoms with van der Waals surface area (Å²) in [5.74, 6) is 0.232. The minimum atomic E-state index is -0.598. The number of nitrogens with zero attached hydrogens (tertiary/aromatic N) is 3. The van der Waals surface area contributed by atoms with Crippen LogP contribution in [0.25, 0.3) is 0 Å². The number of urea groups is 1. The van der Waals surface area contributed by atoms with Crippen molar-refractivity contribution in [1.29, 1.82) is 0 Å². The Morgan fingerprint density at radius 1 is 1.05 bits per heavy atom. The van der Waals surface area contributed by atoms with Gasteiger partial charge in [-0.15, -0.1) is 10.2 Å². The predicted octanol–water partition coefficient (Wildman–Crippen LogP) is 3.25. The molecular formula is C28H35N5O6S. The van der Waals surface area contributed by atoms with Crippen molar-refractivity contribution in [1.82, 2.24) is 25.4 Å². The Hall–Kier alpha value is -3.45. The Kier molecular flexibility index (Phi) is 10.5. The minimum absolute atomic E-state index is 0.0156. The number of benzene rings is 2. The van der Waals surface area contributed by atoms with Gasteiger partial charge in [0.1, 0.15) is 12.9 Å². The summed E-state index contributed by atoms with van der Waals surface area (Å²) in [5, 5.41) is 23.6. The number of carbonyl (C=O) groups excluding carboxylic acids is 2. The molecule has 3 N–H and O–H groups in total. The molecule has 4 atom stereocenters. The largest absolute Gasteiger partial charge is 0.465 e. The molecule has 40 heavy (non-hydrogen) atoms. The molecule has 11 nitrogen and oxygen atoms in total. The van der Waals surface area contributed by atoms with Gasteiger partial charge in [0.2, 0.25) is 0 Å². The summed E-state index contributed by atoms with van der Waals surface area (Å²) in [6.45, 7) is 4.17. The quantitative estimate of drug-likeness (QED) is 0.235. The fourth-order valence-corrected chi connectivity index (χ4v) is 5.32. The highest BCUT2D eigenvalue weighted by molar-refractivity contribution is 7.99. The second-order valence-electron chi connectivity index (χ2n) is 9.44. The van der Waals surface area contributed by atoms with Crippen molar-refractivity contribution in [3.8, 4) is 0 Å². The van der Waals surface area contributed by atoms with Gasteiger partial charge in [-0.05, 0) is 23.6 Å². The van der Waals surface area contributed by atoms with Crippen LogP contribution in [-0.4, -0.2) is 56.9 Å². The molecule has 2 heterocycles. The second-order valence-corrected chi connectivity index (χ2v) is 10.4. The van der Waals surface area contributed by atoms with Crippen LogP contribution in [0.5, 0.6) is 0 Å². The van der Waals surface area contributed by atoms with Gasteiger partial charge in [0, 0.05) is 30.8 Å².